The van der Waals surface area contributed by atoms with Gasteiger partial charge in [-0.25, -0.2) is 0 Å². The molecule has 20 heavy (non-hydrogen) atoms. The van der Waals surface area contributed by atoms with E-state index in [1.165, 1.54) is 0 Å². The standard InChI is InChI=1S/C15H14ClN3O/c16-14-11(8-13(17)20)12-5-1-2-7-19(12)15(14)10-4-3-6-18-9-10/h1,3-6,9H,2,7-8H2,(H2,17,20). The van der Waals surface area contributed by atoms with Gasteiger partial charge in [-0.15, -0.1) is 0 Å². The molecule has 1 aliphatic rings. The molecule has 2 aromatic heterocycles. The minimum Gasteiger partial charge on any atom is -0.369 e. The number of aromatic nitrogens is 2. The molecule has 102 valence electrons. The minimum absolute atomic E-state index is 0.152. The van der Waals surface area contributed by atoms with Crippen LogP contribution < -0.4 is 5.73 Å². The zero-order valence-electron chi connectivity index (χ0n) is 10.8. The van der Waals surface area contributed by atoms with E-state index in [0.717, 1.165) is 35.5 Å². The highest BCUT2D eigenvalue weighted by molar-refractivity contribution is 6.34. The quantitative estimate of drug-likeness (QED) is 0.943. The molecule has 3 rings (SSSR count). The summed E-state index contributed by atoms with van der Waals surface area (Å²) in [6, 6.07) is 3.84. The summed E-state index contributed by atoms with van der Waals surface area (Å²) < 4.78 is 2.14. The fourth-order valence-corrected chi connectivity index (χ4v) is 2.98. The lowest BCUT2D eigenvalue weighted by Crippen LogP contribution is -2.15. The number of hydrogen-bond donors (Lipinski definition) is 1. The topological polar surface area (TPSA) is 60.9 Å². The molecule has 0 saturated heterocycles. The Kier molecular flexibility index (Phi) is 3.32. The van der Waals surface area contributed by atoms with Gasteiger partial charge in [-0.2, -0.15) is 0 Å². The summed E-state index contributed by atoms with van der Waals surface area (Å²) in [5.74, 6) is -0.378. The molecule has 1 aliphatic heterocycles. The van der Waals surface area contributed by atoms with Crippen LogP contribution in [0.25, 0.3) is 17.3 Å². The summed E-state index contributed by atoms with van der Waals surface area (Å²) in [5, 5.41) is 0.596. The fourth-order valence-electron chi connectivity index (χ4n) is 2.61. The predicted octanol–water partition coefficient (Wildman–Crippen LogP) is 2.65. The Labute approximate surface area is 121 Å². The van der Waals surface area contributed by atoms with E-state index in [1.54, 1.807) is 12.4 Å². The third kappa shape index (κ3) is 2.12. The number of nitrogens with two attached hydrogens (primary N) is 1. The maximum Gasteiger partial charge on any atom is 0.221 e. The highest BCUT2D eigenvalue weighted by Gasteiger charge is 2.23. The number of primary amides is 1. The van der Waals surface area contributed by atoms with Gasteiger partial charge in [0.25, 0.3) is 0 Å². The van der Waals surface area contributed by atoms with Crippen LogP contribution >= 0.6 is 11.6 Å². The normalized spacial score (nSPS) is 13.2. The Morgan fingerprint density at radius 2 is 2.35 bits per heavy atom. The van der Waals surface area contributed by atoms with Gasteiger partial charge in [-0.1, -0.05) is 17.7 Å². The van der Waals surface area contributed by atoms with Crippen molar-refractivity contribution in [1.29, 1.82) is 0 Å². The number of halogens is 1. The van der Waals surface area contributed by atoms with Crippen LogP contribution in [0.2, 0.25) is 5.02 Å². The zero-order chi connectivity index (χ0) is 14.1. The lowest BCUT2D eigenvalue weighted by Gasteiger charge is -2.14. The molecule has 0 atom stereocenters. The first-order valence-electron chi connectivity index (χ1n) is 6.44. The molecule has 0 unspecified atom stereocenters. The number of nitrogens with zero attached hydrogens (tertiary/aromatic N) is 2. The molecule has 3 heterocycles. The lowest BCUT2D eigenvalue weighted by atomic mass is 10.1. The van der Waals surface area contributed by atoms with Crippen LogP contribution in [-0.2, 0) is 17.8 Å². The van der Waals surface area contributed by atoms with E-state index in [4.69, 9.17) is 17.3 Å². The van der Waals surface area contributed by atoms with Crippen LogP contribution in [0.1, 0.15) is 17.7 Å². The van der Waals surface area contributed by atoms with E-state index in [-0.39, 0.29) is 12.3 Å². The van der Waals surface area contributed by atoms with Crippen LogP contribution in [0.3, 0.4) is 0 Å². The number of carbonyl (C=O) groups excluding carboxylic acids is 1. The van der Waals surface area contributed by atoms with Gasteiger partial charge in [0, 0.05) is 35.8 Å². The van der Waals surface area contributed by atoms with Crippen molar-refractivity contribution < 1.29 is 4.79 Å². The summed E-state index contributed by atoms with van der Waals surface area (Å²) in [7, 11) is 0. The van der Waals surface area contributed by atoms with E-state index in [9.17, 15) is 4.79 Å². The maximum atomic E-state index is 11.3. The maximum absolute atomic E-state index is 11.3. The molecule has 0 spiro atoms. The number of pyridine rings is 1. The van der Waals surface area contributed by atoms with Crippen LogP contribution in [0.15, 0.2) is 30.6 Å². The second-order valence-corrected chi connectivity index (χ2v) is 5.13. The van der Waals surface area contributed by atoms with Crippen molar-refractivity contribution >= 4 is 23.6 Å². The first kappa shape index (κ1) is 12.9. The minimum atomic E-state index is -0.378. The highest BCUT2D eigenvalue weighted by atomic mass is 35.5. The van der Waals surface area contributed by atoms with Gasteiger partial charge in [0.1, 0.15) is 0 Å². The summed E-state index contributed by atoms with van der Waals surface area (Å²) in [5.41, 5.74) is 8.96. The van der Waals surface area contributed by atoms with Crippen molar-refractivity contribution in [3.05, 3.63) is 46.9 Å². The van der Waals surface area contributed by atoms with Gasteiger partial charge in [-0.05, 0) is 24.6 Å². The smallest absolute Gasteiger partial charge is 0.221 e. The molecule has 0 bridgehead atoms. The first-order valence-corrected chi connectivity index (χ1v) is 6.82. The SMILES string of the molecule is NC(=O)Cc1c(Cl)c(-c2cccnc2)n2c1C=CCC2. The van der Waals surface area contributed by atoms with E-state index in [1.807, 2.05) is 18.2 Å². The fraction of sp³-hybridized carbons (Fsp3) is 0.200. The molecule has 2 aromatic rings. The number of carbonyl (C=O) groups is 1. The van der Waals surface area contributed by atoms with E-state index in [2.05, 4.69) is 15.6 Å². The average Bonchev–Trinajstić information content (AvgIpc) is 2.72. The van der Waals surface area contributed by atoms with Gasteiger partial charge in [0.2, 0.25) is 5.91 Å². The van der Waals surface area contributed by atoms with Crippen molar-refractivity contribution in [2.75, 3.05) is 0 Å². The molecule has 1 amide bonds. The summed E-state index contributed by atoms with van der Waals surface area (Å²) in [6.07, 6.45) is 8.69. The molecule has 5 heteroatoms. The van der Waals surface area contributed by atoms with Gasteiger partial charge < -0.3 is 10.3 Å². The Morgan fingerprint density at radius 1 is 1.50 bits per heavy atom. The summed E-state index contributed by atoms with van der Waals surface area (Å²) >= 11 is 6.51. The number of amides is 1. The number of allylic oxidation sites excluding steroid dienone is 1. The second-order valence-electron chi connectivity index (χ2n) is 4.75. The second kappa shape index (κ2) is 5.13. The van der Waals surface area contributed by atoms with Gasteiger partial charge in [0.05, 0.1) is 17.1 Å². The van der Waals surface area contributed by atoms with Gasteiger partial charge in [0.15, 0.2) is 0 Å². The van der Waals surface area contributed by atoms with Crippen LogP contribution in [-0.4, -0.2) is 15.5 Å². The Morgan fingerprint density at radius 3 is 3.05 bits per heavy atom. The summed E-state index contributed by atoms with van der Waals surface area (Å²) in [6.45, 7) is 0.842. The largest absolute Gasteiger partial charge is 0.369 e. The molecular formula is C15H14ClN3O. The number of hydrogen-bond acceptors (Lipinski definition) is 2. The molecule has 0 saturated carbocycles. The van der Waals surface area contributed by atoms with E-state index in [0.29, 0.717) is 5.02 Å². The first-order chi connectivity index (χ1) is 9.68. The van der Waals surface area contributed by atoms with Crippen molar-refractivity contribution in [2.45, 2.75) is 19.4 Å². The average molecular weight is 288 g/mol. The van der Waals surface area contributed by atoms with Crippen molar-refractivity contribution in [3.63, 3.8) is 0 Å². The predicted molar refractivity (Wildman–Crippen MR) is 79.2 cm³/mol. The molecule has 0 aliphatic carbocycles. The van der Waals surface area contributed by atoms with Crippen molar-refractivity contribution in [2.24, 2.45) is 5.73 Å². The highest BCUT2D eigenvalue weighted by Crippen LogP contribution is 2.38. The number of rotatable bonds is 3. The van der Waals surface area contributed by atoms with Crippen LogP contribution in [0, 0.1) is 0 Å². The molecular weight excluding hydrogens is 274 g/mol. The van der Waals surface area contributed by atoms with Crippen LogP contribution in [0.5, 0.6) is 0 Å². The van der Waals surface area contributed by atoms with Crippen molar-refractivity contribution in [3.8, 4) is 11.3 Å². The zero-order valence-corrected chi connectivity index (χ0v) is 11.6. The van der Waals surface area contributed by atoms with Crippen molar-refractivity contribution in [1.82, 2.24) is 9.55 Å². The molecule has 2 N–H and O–H groups in total. The van der Waals surface area contributed by atoms with E-state index < -0.39 is 0 Å². The molecule has 0 fully saturated rings. The Balaban J connectivity index is 2.23. The summed E-state index contributed by atoms with van der Waals surface area (Å²) in [4.78, 5) is 15.4. The van der Waals surface area contributed by atoms with Gasteiger partial charge >= 0.3 is 0 Å². The molecule has 0 aromatic carbocycles. The van der Waals surface area contributed by atoms with Gasteiger partial charge in [-0.3, -0.25) is 9.78 Å². The lowest BCUT2D eigenvalue weighted by molar-refractivity contribution is -0.117. The molecule has 0 radical (unpaired) electrons. The third-order valence-electron chi connectivity index (χ3n) is 3.42. The number of fused-ring (bicyclic) bond motifs is 1. The van der Waals surface area contributed by atoms with Crippen LogP contribution in [0.4, 0.5) is 0 Å². The Bertz CT molecular complexity index is 689. The molecule has 4 nitrogen and oxygen atoms in total. The monoisotopic (exact) mass is 287 g/mol. The van der Waals surface area contributed by atoms with E-state index >= 15 is 0 Å². The third-order valence-corrected chi connectivity index (χ3v) is 3.83. The Hall–Kier alpha value is -2.07.